The number of carbonyl (C=O) groups is 3. The largest absolute Gasteiger partial charge is 0.454 e. The number of nitrogens with one attached hydrogen (secondary N) is 1. The van der Waals surface area contributed by atoms with Gasteiger partial charge in [0.05, 0.1) is 17.0 Å². The fraction of sp³-hybridized carbons (Fsp3) is 0.125. The molecule has 2 aliphatic rings. The number of Topliss-reactive ketones (excluding diaryl/α,β-unsaturated/α-hetero) is 1. The Kier molecular flexibility index (Phi) is 4.64. The molecule has 1 aliphatic heterocycles. The molecule has 30 heavy (non-hydrogen) atoms. The number of rotatable bonds is 4. The van der Waals surface area contributed by atoms with Gasteiger partial charge in [-0.3, -0.25) is 9.59 Å². The number of benzene rings is 3. The molecule has 1 amide bonds. The molecule has 0 bridgehead atoms. The molecule has 1 N–H and O–H groups in total. The van der Waals surface area contributed by atoms with Crippen LogP contribution in [-0.2, 0) is 16.0 Å². The lowest BCUT2D eigenvalue weighted by atomic mass is 10.0. The first-order valence-electron chi connectivity index (χ1n) is 9.57. The number of hydrogen-bond acceptors (Lipinski definition) is 5. The van der Waals surface area contributed by atoms with E-state index in [4.69, 9.17) is 4.74 Å². The Balaban J connectivity index is 1.29. The Morgan fingerprint density at radius 3 is 2.63 bits per heavy atom. The van der Waals surface area contributed by atoms with Gasteiger partial charge < -0.3 is 10.1 Å². The van der Waals surface area contributed by atoms with E-state index < -0.39 is 5.97 Å². The number of fused-ring (bicyclic) bond motifs is 4. The van der Waals surface area contributed by atoms with Crippen LogP contribution in [-0.4, -0.2) is 30.0 Å². The summed E-state index contributed by atoms with van der Waals surface area (Å²) in [5, 5.41) is 2.74. The summed E-state index contributed by atoms with van der Waals surface area (Å²) in [5.41, 5.74) is 6.06. The summed E-state index contributed by atoms with van der Waals surface area (Å²) in [6, 6.07) is 18.8. The average molecular weight is 415 g/mol. The smallest absolute Gasteiger partial charge is 0.338 e. The summed E-state index contributed by atoms with van der Waals surface area (Å²) >= 11 is 1.42. The lowest BCUT2D eigenvalue weighted by molar-refractivity contribution is -0.113. The molecule has 148 valence electrons. The Labute approximate surface area is 177 Å². The van der Waals surface area contributed by atoms with Crippen molar-refractivity contribution in [2.75, 3.05) is 17.7 Å². The molecule has 1 heterocycles. The maximum absolute atomic E-state index is 12.6. The molecule has 0 unspecified atom stereocenters. The molecular weight excluding hydrogens is 398 g/mol. The van der Waals surface area contributed by atoms with E-state index in [2.05, 4.69) is 17.4 Å². The van der Waals surface area contributed by atoms with Gasteiger partial charge in [0, 0.05) is 10.5 Å². The number of ether oxygens (including phenoxy) is 1. The zero-order chi connectivity index (χ0) is 20.7. The number of ketones is 1. The maximum Gasteiger partial charge on any atom is 0.338 e. The number of esters is 1. The summed E-state index contributed by atoms with van der Waals surface area (Å²) in [4.78, 5) is 37.5. The van der Waals surface area contributed by atoms with Crippen LogP contribution in [0.15, 0.2) is 65.6 Å². The molecule has 0 saturated carbocycles. The molecule has 0 atom stereocenters. The van der Waals surface area contributed by atoms with Crippen molar-refractivity contribution in [3.63, 3.8) is 0 Å². The van der Waals surface area contributed by atoms with E-state index in [0.717, 1.165) is 22.4 Å². The van der Waals surface area contributed by atoms with Gasteiger partial charge in [-0.25, -0.2) is 4.79 Å². The molecule has 1 aliphatic carbocycles. The van der Waals surface area contributed by atoms with Crippen LogP contribution < -0.4 is 5.32 Å². The Morgan fingerprint density at radius 2 is 1.73 bits per heavy atom. The highest BCUT2D eigenvalue weighted by atomic mass is 32.2. The van der Waals surface area contributed by atoms with Crippen LogP contribution in [0.25, 0.3) is 11.1 Å². The van der Waals surface area contributed by atoms with E-state index in [1.807, 2.05) is 24.3 Å². The molecule has 5 nitrogen and oxygen atoms in total. The van der Waals surface area contributed by atoms with Crippen molar-refractivity contribution in [1.82, 2.24) is 0 Å². The Bertz CT molecular complexity index is 1220. The van der Waals surface area contributed by atoms with Crippen molar-refractivity contribution >= 4 is 35.1 Å². The second-order valence-electron chi connectivity index (χ2n) is 7.25. The highest BCUT2D eigenvalue weighted by Crippen LogP contribution is 2.37. The van der Waals surface area contributed by atoms with Gasteiger partial charge in [-0.15, -0.1) is 11.8 Å². The van der Waals surface area contributed by atoms with E-state index in [1.165, 1.54) is 22.9 Å². The van der Waals surface area contributed by atoms with Crippen molar-refractivity contribution in [3.05, 3.63) is 82.9 Å². The van der Waals surface area contributed by atoms with E-state index in [-0.39, 0.29) is 18.3 Å². The number of anilines is 1. The highest BCUT2D eigenvalue weighted by Gasteiger charge is 2.21. The molecule has 0 spiro atoms. The lowest BCUT2D eigenvalue weighted by Crippen LogP contribution is -2.19. The lowest BCUT2D eigenvalue weighted by Gasteiger charge is -2.16. The zero-order valence-corrected chi connectivity index (χ0v) is 16.8. The fourth-order valence-electron chi connectivity index (χ4n) is 3.81. The Hall–Kier alpha value is -3.38. The van der Waals surface area contributed by atoms with Gasteiger partial charge in [0.1, 0.15) is 0 Å². The molecule has 3 aromatic carbocycles. The van der Waals surface area contributed by atoms with E-state index in [0.29, 0.717) is 22.6 Å². The van der Waals surface area contributed by atoms with Crippen molar-refractivity contribution in [3.8, 4) is 11.1 Å². The van der Waals surface area contributed by atoms with Crippen molar-refractivity contribution < 1.29 is 19.1 Å². The standard InChI is InChI=1S/C24H17NO4S/c26-21(16-6-5-15-9-14-3-1-2-4-18(14)19(15)10-16)12-29-24(28)17-7-8-22-20(11-17)25-23(27)13-30-22/h1-8,10-11H,9,12-13H2,(H,25,27). The Morgan fingerprint density at radius 1 is 0.933 bits per heavy atom. The molecule has 0 saturated heterocycles. The summed E-state index contributed by atoms with van der Waals surface area (Å²) in [7, 11) is 0. The van der Waals surface area contributed by atoms with Gasteiger partial charge in [0.2, 0.25) is 5.91 Å². The minimum absolute atomic E-state index is 0.105. The fourth-order valence-corrected chi connectivity index (χ4v) is 4.59. The number of amides is 1. The van der Waals surface area contributed by atoms with Crippen LogP contribution in [0.4, 0.5) is 5.69 Å². The first-order valence-corrected chi connectivity index (χ1v) is 10.6. The van der Waals surface area contributed by atoms with Crippen LogP contribution in [0.5, 0.6) is 0 Å². The maximum atomic E-state index is 12.6. The number of hydrogen-bond donors (Lipinski definition) is 1. The summed E-state index contributed by atoms with van der Waals surface area (Å²) in [6.07, 6.45) is 0.863. The van der Waals surface area contributed by atoms with E-state index in [9.17, 15) is 14.4 Å². The average Bonchev–Trinajstić information content (AvgIpc) is 3.14. The van der Waals surface area contributed by atoms with Crippen LogP contribution >= 0.6 is 11.8 Å². The third kappa shape index (κ3) is 3.39. The normalized spacial score (nSPS) is 13.7. The predicted molar refractivity (Wildman–Crippen MR) is 115 cm³/mol. The third-order valence-electron chi connectivity index (χ3n) is 5.30. The van der Waals surface area contributed by atoms with Gasteiger partial charge >= 0.3 is 5.97 Å². The molecule has 0 aromatic heterocycles. The van der Waals surface area contributed by atoms with Crippen LogP contribution in [0.3, 0.4) is 0 Å². The second kappa shape index (κ2) is 7.46. The van der Waals surface area contributed by atoms with Crippen LogP contribution in [0.2, 0.25) is 0 Å². The SMILES string of the molecule is O=C1CSc2ccc(C(=O)OCC(=O)c3ccc4c(c3)-c3ccccc3C4)cc2N1. The molecule has 5 rings (SSSR count). The first-order chi connectivity index (χ1) is 14.6. The van der Waals surface area contributed by atoms with Gasteiger partial charge in [0.25, 0.3) is 0 Å². The zero-order valence-electron chi connectivity index (χ0n) is 15.9. The van der Waals surface area contributed by atoms with Gasteiger partial charge in [-0.05, 0) is 52.9 Å². The van der Waals surface area contributed by atoms with Gasteiger partial charge in [-0.2, -0.15) is 0 Å². The molecule has 6 heteroatoms. The topological polar surface area (TPSA) is 72.5 Å². The summed E-state index contributed by atoms with van der Waals surface area (Å²) in [6.45, 7) is -0.336. The monoisotopic (exact) mass is 415 g/mol. The third-order valence-corrected chi connectivity index (χ3v) is 6.38. The van der Waals surface area contributed by atoms with E-state index in [1.54, 1.807) is 24.3 Å². The molecular formula is C24H17NO4S. The second-order valence-corrected chi connectivity index (χ2v) is 8.27. The summed E-state index contributed by atoms with van der Waals surface area (Å²) < 4.78 is 5.24. The van der Waals surface area contributed by atoms with Crippen LogP contribution in [0, 0.1) is 0 Å². The van der Waals surface area contributed by atoms with E-state index >= 15 is 0 Å². The van der Waals surface area contributed by atoms with Gasteiger partial charge in [-0.1, -0.05) is 36.4 Å². The van der Waals surface area contributed by atoms with Crippen molar-refractivity contribution in [1.29, 1.82) is 0 Å². The first kappa shape index (κ1) is 18.6. The minimum atomic E-state index is -0.595. The number of carbonyl (C=O) groups excluding carboxylic acids is 3. The highest BCUT2D eigenvalue weighted by molar-refractivity contribution is 8.00. The van der Waals surface area contributed by atoms with Crippen molar-refractivity contribution in [2.45, 2.75) is 11.3 Å². The molecule has 0 fully saturated rings. The summed E-state index contributed by atoms with van der Waals surface area (Å²) in [5.74, 6) is -0.595. The molecule has 3 aromatic rings. The number of thioether (sulfide) groups is 1. The minimum Gasteiger partial charge on any atom is -0.454 e. The predicted octanol–water partition coefficient (Wildman–Crippen LogP) is 4.34. The van der Waals surface area contributed by atoms with Gasteiger partial charge in [0.15, 0.2) is 12.4 Å². The quantitative estimate of drug-likeness (QED) is 0.396. The molecule has 0 radical (unpaired) electrons. The van der Waals surface area contributed by atoms with Crippen LogP contribution in [0.1, 0.15) is 31.8 Å². The van der Waals surface area contributed by atoms with Crippen molar-refractivity contribution in [2.24, 2.45) is 0 Å².